The maximum atomic E-state index is 13.5. The van der Waals surface area contributed by atoms with E-state index in [-0.39, 0.29) is 36.4 Å². The summed E-state index contributed by atoms with van der Waals surface area (Å²) < 4.78 is 2.23. The first-order valence-electron chi connectivity index (χ1n) is 12.1. The molecule has 2 amide bonds. The maximum absolute atomic E-state index is 13.5. The third-order valence-electron chi connectivity index (χ3n) is 6.97. The molecular formula is C27H39N3O2. The van der Waals surface area contributed by atoms with Gasteiger partial charge in [-0.05, 0) is 70.2 Å². The molecule has 1 fully saturated rings. The minimum Gasteiger partial charge on any atom is -0.345 e. The van der Waals surface area contributed by atoms with Crippen molar-refractivity contribution in [2.24, 2.45) is 5.92 Å². The average molecular weight is 438 g/mol. The molecule has 0 spiro atoms. The smallest absolute Gasteiger partial charge is 0.242 e. The van der Waals surface area contributed by atoms with Crippen molar-refractivity contribution in [2.45, 2.75) is 85.5 Å². The lowest BCUT2D eigenvalue weighted by Crippen LogP contribution is -2.50. The van der Waals surface area contributed by atoms with E-state index in [1.54, 1.807) is 4.90 Å². The third-order valence-corrected chi connectivity index (χ3v) is 6.97. The number of carbonyl (C=O) groups excluding carboxylic acids is 2. The van der Waals surface area contributed by atoms with Crippen molar-refractivity contribution >= 4 is 11.8 Å². The summed E-state index contributed by atoms with van der Waals surface area (Å²) in [4.78, 5) is 30.1. The molecule has 0 aliphatic heterocycles. The van der Waals surface area contributed by atoms with Crippen molar-refractivity contribution in [3.63, 3.8) is 0 Å². The number of rotatable bonds is 10. The predicted octanol–water partition coefficient (Wildman–Crippen LogP) is 5.01. The Bertz CT molecular complexity index is 913. The van der Waals surface area contributed by atoms with Crippen LogP contribution in [0.3, 0.4) is 0 Å². The molecule has 1 heterocycles. The molecule has 1 aliphatic rings. The molecule has 1 saturated carbocycles. The molecule has 5 nitrogen and oxygen atoms in total. The summed E-state index contributed by atoms with van der Waals surface area (Å²) in [6, 6.07) is 12.7. The molecule has 1 atom stereocenters. The van der Waals surface area contributed by atoms with Crippen molar-refractivity contribution in [3.05, 3.63) is 59.4 Å². The van der Waals surface area contributed by atoms with Crippen LogP contribution in [0.5, 0.6) is 0 Å². The summed E-state index contributed by atoms with van der Waals surface area (Å²) in [5.41, 5.74) is 3.66. The molecule has 0 bridgehead atoms. The van der Waals surface area contributed by atoms with Gasteiger partial charge >= 0.3 is 0 Å². The summed E-state index contributed by atoms with van der Waals surface area (Å²) in [7, 11) is 0. The highest BCUT2D eigenvalue weighted by Crippen LogP contribution is 2.29. The Morgan fingerprint density at radius 3 is 2.38 bits per heavy atom. The van der Waals surface area contributed by atoms with Crippen LogP contribution in [0.4, 0.5) is 0 Å². The Morgan fingerprint density at radius 1 is 1.06 bits per heavy atom. The molecule has 1 aromatic carbocycles. The zero-order valence-corrected chi connectivity index (χ0v) is 20.4. The van der Waals surface area contributed by atoms with Crippen molar-refractivity contribution in [1.82, 2.24) is 14.4 Å². The molecule has 0 N–H and O–H groups in total. The Labute approximate surface area is 193 Å². The topological polar surface area (TPSA) is 45.6 Å². The SMILES string of the molecule is CC[C@H](C)N(Cc1cccn1Cc1ccccc1C)C(=O)CN(C(=O)C1CCC1)C(C)C. The quantitative estimate of drug-likeness (QED) is 0.525. The monoisotopic (exact) mass is 437 g/mol. The van der Waals surface area contributed by atoms with Crippen LogP contribution in [0.1, 0.15) is 70.2 Å². The van der Waals surface area contributed by atoms with Gasteiger partial charge in [0.1, 0.15) is 6.54 Å². The molecule has 0 unspecified atom stereocenters. The summed E-state index contributed by atoms with van der Waals surface area (Å²) in [5.74, 6) is 0.282. The van der Waals surface area contributed by atoms with Crippen LogP contribution in [0.2, 0.25) is 0 Å². The Morgan fingerprint density at radius 2 is 1.78 bits per heavy atom. The molecular weight excluding hydrogens is 398 g/mol. The predicted molar refractivity (Wildman–Crippen MR) is 129 cm³/mol. The van der Waals surface area contributed by atoms with Gasteiger partial charge in [-0.1, -0.05) is 37.6 Å². The van der Waals surface area contributed by atoms with Crippen LogP contribution in [0, 0.1) is 12.8 Å². The van der Waals surface area contributed by atoms with E-state index in [9.17, 15) is 9.59 Å². The number of benzene rings is 1. The van der Waals surface area contributed by atoms with Crippen LogP contribution in [-0.4, -0.2) is 44.8 Å². The van der Waals surface area contributed by atoms with Gasteiger partial charge in [-0.15, -0.1) is 0 Å². The van der Waals surface area contributed by atoms with E-state index >= 15 is 0 Å². The standard InChI is InChI=1S/C27H39N3O2/c1-6-22(5)30(26(31)19-29(20(2)3)27(32)23-13-9-14-23)18-25-15-10-16-28(25)17-24-12-8-7-11-21(24)4/h7-8,10-12,15-16,20,22-23H,6,9,13-14,17-19H2,1-5H3/t22-/m0/s1. The van der Waals surface area contributed by atoms with Crippen LogP contribution in [0.15, 0.2) is 42.6 Å². The van der Waals surface area contributed by atoms with E-state index < -0.39 is 0 Å². The van der Waals surface area contributed by atoms with Crippen molar-refractivity contribution in [2.75, 3.05) is 6.54 Å². The second-order valence-electron chi connectivity index (χ2n) is 9.52. The first-order chi connectivity index (χ1) is 15.3. The third kappa shape index (κ3) is 5.62. The van der Waals surface area contributed by atoms with Gasteiger partial charge in [0.05, 0.1) is 6.54 Å². The molecule has 0 saturated heterocycles. The maximum Gasteiger partial charge on any atom is 0.242 e. The van der Waals surface area contributed by atoms with Gasteiger partial charge in [0.25, 0.3) is 0 Å². The molecule has 1 aliphatic carbocycles. The molecule has 2 aromatic rings. The van der Waals surface area contributed by atoms with E-state index in [2.05, 4.69) is 61.9 Å². The Balaban J connectivity index is 1.76. The molecule has 5 heteroatoms. The van der Waals surface area contributed by atoms with Crippen molar-refractivity contribution in [1.29, 1.82) is 0 Å². The zero-order chi connectivity index (χ0) is 23.3. The van der Waals surface area contributed by atoms with Gasteiger partial charge in [0.2, 0.25) is 11.8 Å². The number of amides is 2. The van der Waals surface area contributed by atoms with Crippen LogP contribution in [-0.2, 0) is 22.7 Å². The molecule has 1 aromatic heterocycles. The van der Waals surface area contributed by atoms with Crippen LogP contribution < -0.4 is 0 Å². The summed E-state index contributed by atoms with van der Waals surface area (Å²) in [6.45, 7) is 11.8. The van der Waals surface area contributed by atoms with Gasteiger partial charge in [0.15, 0.2) is 0 Å². The second-order valence-corrected chi connectivity index (χ2v) is 9.52. The Kier molecular flexibility index (Phi) is 8.16. The highest BCUT2D eigenvalue weighted by Gasteiger charge is 2.33. The van der Waals surface area contributed by atoms with Crippen LogP contribution >= 0.6 is 0 Å². The molecule has 3 rings (SSSR count). The highest BCUT2D eigenvalue weighted by atomic mass is 16.2. The lowest BCUT2D eigenvalue weighted by molar-refractivity contribution is -0.147. The van der Waals surface area contributed by atoms with E-state index in [1.165, 1.54) is 11.1 Å². The summed E-state index contributed by atoms with van der Waals surface area (Å²) in [5, 5.41) is 0. The first kappa shape index (κ1) is 24.1. The van der Waals surface area contributed by atoms with Gasteiger partial charge in [0, 0.05) is 36.4 Å². The minimum atomic E-state index is 0.0238. The van der Waals surface area contributed by atoms with E-state index in [0.717, 1.165) is 37.9 Å². The van der Waals surface area contributed by atoms with E-state index in [4.69, 9.17) is 0 Å². The van der Waals surface area contributed by atoms with Gasteiger partial charge in [-0.3, -0.25) is 9.59 Å². The second kappa shape index (κ2) is 10.8. The average Bonchev–Trinajstić information content (AvgIpc) is 3.16. The number of aryl methyl sites for hydroxylation is 1. The summed E-state index contributed by atoms with van der Waals surface area (Å²) in [6.07, 6.45) is 5.99. The first-order valence-corrected chi connectivity index (χ1v) is 12.1. The molecule has 32 heavy (non-hydrogen) atoms. The fourth-order valence-corrected chi connectivity index (χ4v) is 4.24. The lowest BCUT2D eigenvalue weighted by atomic mass is 9.84. The number of nitrogens with zero attached hydrogens (tertiary/aromatic N) is 3. The lowest BCUT2D eigenvalue weighted by Gasteiger charge is -2.36. The molecule has 174 valence electrons. The van der Waals surface area contributed by atoms with Crippen molar-refractivity contribution in [3.8, 4) is 0 Å². The van der Waals surface area contributed by atoms with E-state index in [1.807, 2.05) is 24.8 Å². The van der Waals surface area contributed by atoms with Crippen molar-refractivity contribution < 1.29 is 9.59 Å². The molecule has 0 radical (unpaired) electrons. The van der Waals surface area contributed by atoms with E-state index in [0.29, 0.717) is 6.54 Å². The van der Waals surface area contributed by atoms with Crippen LogP contribution in [0.25, 0.3) is 0 Å². The zero-order valence-electron chi connectivity index (χ0n) is 20.4. The number of hydrogen-bond acceptors (Lipinski definition) is 2. The largest absolute Gasteiger partial charge is 0.345 e. The fraction of sp³-hybridized carbons (Fsp3) is 0.556. The highest BCUT2D eigenvalue weighted by molar-refractivity contribution is 5.86. The Hall–Kier alpha value is -2.56. The summed E-state index contributed by atoms with van der Waals surface area (Å²) >= 11 is 0. The number of carbonyl (C=O) groups is 2. The number of hydrogen-bond donors (Lipinski definition) is 0. The normalized spacial score (nSPS) is 14.8. The van der Waals surface area contributed by atoms with Gasteiger partial charge in [-0.25, -0.2) is 0 Å². The van der Waals surface area contributed by atoms with Gasteiger partial charge in [-0.2, -0.15) is 0 Å². The minimum absolute atomic E-state index is 0.0238. The number of aromatic nitrogens is 1. The fourth-order valence-electron chi connectivity index (χ4n) is 4.24. The van der Waals surface area contributed by atoms with Gasteiger partial charge < -0.3 is 14.4 Å².